The van der Waals surface area contributed by atoms with Crippen molar-refractivity contribution in [2.45, 2.75) is 25.8 Å². The van der Waals surface area contributed by atoms with Gasteiger partial charge in [0.25, 0.3) is 5.91 Å². The third-order valence-corrected chi connectivity index (χ3v) is 4.76. The number of carbonyl (C=O) groups is 1. The number of benzene rings is 2. The topological polar surface area (TPSA) is 48.0 Å². The van der Waals surface area contributed by atoms with Crippen molar-refractivity contribution in [2.24, 2.45) is 0 Å². The molecule has 1 amide bonds. The maximum Gasteiger partial charge on any atom is 0.261 e. The van der Waals surface area contributed by atoms with Crippen LogP contribution < -0.4 is 14.2 Å². The van der Waals surface area contributed by atoms with Gasteiger partial charge in [-0.15, -0.1) is 0 Å². The molecule has 0 bridgehead atoms. The lowest BCUT2D eigenvalue weighted by molar-refractivity contribution is -0.134. The molecule has 0 aromatic heterocycles. The SMILES string of the molecule is COc1ccc([C@@H]2CCCN2C(=O)COc2ccc(C)cc2)c(OC)c1. The molecule has 0 saturated carbocycles. The van der Waals surface area contributed by atoms with Crippen LogP contribution in [0.25, 0.3) is 0 Å². The number of carbonyl (C=O) groups excluding carboxylic acids is 1. The van der Waals surface area contributed by atoms with Gasteiger partial charge in [0, 0.05) is 18.2 Å². The molecule has 0 unspecified atom stereocenters. The van der Waals surface area contributed by atoms with Crippen LogP contribution in [0.15, 0.2) is 42.5 Å². The van der Waals surface area contributed by atoms with E-state index < -0.39 is 0 Å². The van der Waals surface area contributed by atoms with Crippen LogP contribution in [0.3, 0.4) is 0 Å². The molecule has 1 atom stereocenters. The number of nitrogens with zero attached hydrogens (tertiary/aromatic N) is 1. The monoisotopic (exact) mass is 355 g/mol. The van der Waals surface area contributed by atoms with Crippen molar-refractivity contribution in [2.75, 3.05) is 27.4 Å². The van der Waals surface area contributed by atoms with Crippen LogP contribution in [0.1, 0.15) is 30.0 Å². The number of aryl methyl sites for hydroxylation is 1. The zero-order valence-corrected chi connectivity index (χ0v) is 15.5. The Bertz CT molecular complexity index is 757. The minimum Gasteiger partial charge on any atom is -0.497 e. The van der Waals surface area contributed by atoms with E-state index in [-0.39, 0.29) is 18.6 Å². The predicted octanol–water partition coefficient (Wildman–Crippen LogP) is 3.75. The van der Waals surface area contributed by atoms with Gasteiger partial charge >= 0.3 is 0 Å². The molecule has 1 aliphatic heterocycles. The first-order chi connectivity index (χ1) is 12.6. The fourth-order valence-electron chi connectivity index (χ4n) is 3.34. The van der Waals surface area contributed by atoms with Crippen LogP contribution in [0, 0.1) is 6.92 Å². The summed E-state index contributed by atoms with van der Waals surface area (Å²) in [7, 11) is 3.27. The van der Waals surface area contributed by atoms with Crippen LogP contribution in [-0.2, 0) is 4.79 Å². The Morgan fingerprint density at radius 2 is 1.81 bits per heavy atom. The molecule has 5 nitrogen and oxygen atoms in total. The van der Waals surface area contributed by atoms with Gasteiger partial charge in [0.1, 0.15) is 17.2 Å². The van der Waals surface area contributed by atoms with E-state index in [1.165, 1.54) is 0 Å². The normalized spacial score (nSPS) is 16.4. The van der Waals surface area contributed by atoms with E-state index in [0.29, 0.717) is 5.75 Å². The smallest absolute Gasteiger partial charge is 0.261 e. The quantitative estimate of drug-likeness (QED) is 0.792. The van der Waals surface area contributed by atoms with Crippen molar-refractivity contribution in [1.29, 1.82) is 0 Å². The fourth-order valence-corrected chi connectivity index (χ4v) is 3.34. The van der Waals surface area contributed by atoms with Crippen LogP contribution in [-0.4, -0.2) is 38.2 Å². The molecule has 1 saturated heterocycles. The number of amides is 1. The molecule has 2 aromatic carbocycles. The average molecular weight is 355 g/mol. The second-order valence-corrected chi connectivity index (χ2v) is 6.45. The first kappa shape index (κ1) is 18.1. The molecular weight excluding hydrogens is 330 g/mol. The number of ether oxygens (including phenoxy) is 3. The molecule has 2 aromatic rings. The maximum absolute atomic E-state index is 12.7. The number of hydrogen-bond acceptors (Lipinski definition) is 4. The lowest BCUT2D eigenvalue weighted by atomic mass is 10.0. The van der Waals surface area contributed by atoms with E-state index >= 15 is 0 Å². The Balaban J connectivity index is 1.71. The van der Waals surface area contributed by atoms with Crippen molar-refractivity contribution in [3.05, 3.63) is 53.6 Å². The van der Waals surface area contributed by atoms with E-state index in [1.807, 2.05) is 54.3 Å². The highest BCUT2D eigenvalue weighted by Gasteiger charge is 2.32. The summed E-state index contributed by atoms with van der Waals surface area (Å²) >= 11 is 0. The Morgan fingerprint density at radius 1 is 1.08 bits per heavy atom. The third kappa shape index (κ3) is 3.93. The largest absolute Gasteiger partial charge is 0.497 e. The van der Waals surface area contributed by atoms with Gasteiger partial charge in [-0.2, -0.15) is 0 Å². The van der Waals surface area contributed by atoms with E-state index in [9.17, 15) is 4.79 Å². The average Bonchev–Trinajstić information content (AvgIpc) is 3.16. The Labute approximate surface area is 154 Å². The van der Waals surface area contributed by atoms with Gasteiger partial charge < -0.3 is 19.1 Å². The van der Waals surface area contributed by atoms with Crippen LogP contribution in [0.2, 0.25) is 0 Å². The van der Waals surface area contributed by atoms with Gasteiger partial charge in [0.05, 0.1) is 20.3 Å². The van der Waals surface area contributed by atoms with Crippen molar-refractivity contribution in [3.63, 3.8) is 0 Å². The maximum atomic E-state index is 12.7. The molecule has 138 valence electrons. The number of likely N-dealkylation sites (tertiary alicyclic amines) is 1. The minimum absolute atomic E-state index is 0.00461. The van der Waals surface area contributed by atoms with Gasteiger partial charge in [-0.3, -0.25) is 4.79 Å². The second kappa shape index (κ2) is 8.13. The number of methoxy groups -OCH3 is 2. The highest BCUT2D eigenvalue weighted by atomic mass is 16.5. The third-order valence-electron chi connectivity index (χ3n) is 4.76. The van der Waals surface area contributed by atoms with E-state index in [4.69, 9.17) is 14.2 Å². The summed E-state index contributed by atoms with van der Waals surface area (Å²) in [6.07, 6.45) is 1.88. The van der Waals surface area contributed by atoms with E-state index in [2.05, 4.69) is 0 Å². The zero-order chi connectivity index (χ0) is 18.5. The molecule has 0 aliphatic carbocycles. The first-order valence-corrected chi connectivity index (χ1v) is 8.83. The standard InChI is InChI=1S/C21H25NO4/c1-15-6-8-16(9-7-15)26-14-21(23)22-12-4-5-19(22)18-11-10-17(24-2)13-20(18)25-3/h6-11,13,19H,4-5,12,14H2,1-3H3/t19-/m0/s1. The molecule has 26 heavy (non-hydrogen) atoms. The zero-order valence-electron chi connectivity index (χ0n) is 15.5. The number of hydrogen-bond donors (Lipinski definition) is 0. The molecule has 1 fully saturated rings. The summed E-state index contributed by atoms with van der Waals surface area (Å²) in [5, 5.41) is 0. The summed E-state index contributed by atoms with van der Waals surface area (Å²) in [6.45, 7) is 2.79. The van der Waals surface area contributed by atoms with Gasteiger partial charge in [-0.25, -0.2) is 0 Å². The van der Waals surface area contributed by atoms with E-state index in [0.717, 1.165) is 42.0 Å². The lowest BCUT2D eigenvalue weighted by Gasteiger charge is -2.26. The Morgan fingerprint density at radius 3 is 2.50 bits per heavy atom. The second-order valence-electron chi connectivity index (χ2n) is 6.45. The first-order valence-electron chi connectivity index (χ1n) is 8.83. The highest BCUT2D eigenvalue weighted by Crippen LogP contribution is 2.38. The highest BCUT2D eigenvalue weighted by molar-refractivity contribution is 5.78. The summed E-state index contributed by atoms with van der Waals surface area (Å²) in [6, 6.07) is 13.5. The predicted molar refractivity (Wildman–Crippen MR) is 99.9 cm³/mol. The molecule has 5 heteroatoms. The summed E-state index contributed by atoms with van der Waals surface area (Å²) in [4.78, 5) is 14.6. The van der Waals surface area contributed by atoms with Gasteiger partial charge in [0.15, 0.2) is 6.61 Å². The molecule has 1 heterocycles. The Hall–Kier alpha value is -2.69. The minimum atomic E-state index is -0.00838. The van der Waals surface area contributed by atoms with E-state index in [1.54, 1.807) is 14.2 Å². The summed E-state index contributed by atoms with van der Waals surface area (Å²) < 4.78 is 16.5. The van der Waals surface area contributed by atoms with Gasteiger partial charge in [0.2, 0.25) is 0 Å². The molecular formula is C21H25NO4. The fraction of sp³-hybridized carbons (Fsp3) is 0.381. The Kier molecular flexibility index (Phi) is 5.66. The van der Waals surface area contributed by atoms with Crippen molar-refractivity contribution in [1.82, 2.24) is 4.90 Å². The molecule has 0 radical (unpaired) electrons. The summed E-state index contributed by atoms with van der Waals surface area (Å²) in [5.74, 6) is 2.19. The van der Waals surface area contributed by atoms with Crippen LogP contribution in [0.4, 0.5) is 0 Å². The van der Waals surface area contributed by atoms with Gasteiger partial charge in [-0.1, -0.05) is 17.7 Å². The van der Waals surface area contributed by atoms with Crippen molar-refractivity contribution in [3.8, 4) is 17.2 Å². The lowest BCUT2D eigenvalue weighted by Crippen LogP contribution is -2.34. The molecule has 3 rings (SSSR count). The summed E-state index contributed by atoms with van der Waals surface area (Å²) in [5.41, 5.74) is 2.17. The van der Waals surface area contributed by atoms with Crippen molar-refractivity contribution < 1.29 is 19.0 Å². The number of rotatable bonds is 6. The van der Waals surface area contributed by atoms with Gasteiger partial charge in [-0.05, 0) is 44.0 Å². The van der Waals surface area contributed by atoms with Crippen LogP contribution >= 0.6 is 0 Å². The molecule has 1 aliphatic rings. The molecule has 0 N–H and O–H groups in total. The molecule has 0 spiro atoms. The van der Waals surface area contributed by atoms with Crippen molar-refractivity contribution >= 4 is 5.91 Å². The van der Waals surface area contributed by atoms with Crippen LogP contribution in [0.5, 0.6) is 17.2 Å².